The fraction of sp³-hybridized carbons (Fsp3) is 0.609. The van der Waals surface area contributed by atoms with Crippen LogP contribution in [-0.2, 0) is 24.5 Å². The maximum Gasteiger partial charge on any atom is 0.326 e. The van der Waals surface area contributed by atoms with Gasteiger partial charge in [-0.05, 0) is 42.4 Å². The Kier molecular flexibility index (Phi) is 5.68. The van der Waals surface area contributed by atoms with E-state index < -0.39 is 12.0 Å². The molecular formula is C23H30N2O6. The number of hydrogen-bond acceptors (Lipinski definition) is 5. The lowest BCUT2D eigenvalue weighted by Crippen LogP contribution is -2.47. The lowest BCUT2D eigenvalue weighted by molar-refractivity contribution is -0.149. The fourth-order valence-electron chi connectivity index (χ4n) is 4.65. The largest absolute Gasteiger partial charge is 0.494 e. The summed E-state index contributed by atoms with van der Waals surface area (Å²) in [6.45, 7) is 5.88. The minimum atomic E-state index is -0.978. The first-order valence-corrected chi connectivity index (χ1v) is 10.8. The monoisotopic (exact) mass is 430 g/mol. The molecular weight excluding hydrogens is 400 g/mol. The number of carboxylic acid groups (broad SMARTS) is 1. The van der Waals surface area contributed by atoms with Gasteiger partial charge in [0.15, 0.2) is 0 Å². The molecule has 2 N–H and O–H groups in total. The normalized spacial score (nSPS) is 27.7. The van der Waals surface area contributed by atoms with Crippen LogP contribution in [0.4, 0.5) is 0 Å². The predicted octanol–water partition coefficient (Wildman–Crippen LogP) is 1.71. The van der Waals surface area contributed by atoms with Crippen molar-refractivity contribution in [1.29, 1.82) is 0 Å². The van der Waals surface area contributed by atoms with E-state index in [2.05, 4.69) is 12.2 Å². The van der Waals surface area contributed by atoms with Crippen LogP contribution in [-0.4, -0.2) is 66.2 Å². The van der Waals surface area contributed by atoms with E-state index in [0.717, 1.165) is 25.4 Å². The van der Waals surface area contributed by atoms with Gasteiger partial charge in [0.05, 0.1) is 26.4 Å². The van der Waals surface area contributed by atoms with Crippen LogP contribution >= 0.6 is 0 Å². The quantitative estimate of drug-likeness (QED) is 0.578. The average Bonchev–Trinajstić information content (AvgIpc) is 3.28. The van der Waals surface area contributed by atoms with Crippen molar-refractivity contribution in [3.05, 3.63) is 29.8 Å². The molecule has 31 heavy (non-hydrogen) atoms. The Balaban J connectivity index is 1.15. The van der Waals surface area contributed by atoms with Crippen LogP contribution in [0.1, 0.15) is 45.1 Å². The highest BCUT2D eigenvalue weighted by Crippen LogP contribution is 2.59. The van der Waals surface area contributed by atoms with Crippen LogP contribution in [0, 0.1) is 5.41 Å². The van der Waals surface area contributed by atoms with Crippen molar-refractivity contribution >= 4 is 17.8 Å². The molecule has 8 heteroatoms. The molecule has 8 nitrogen and oxygen atoms in total. The fourth-order valence-corrected chi connectivity index (χ4v) is 4.65. The minimum Gasteiger partial charge on any atom is -0.494 e. The molecule has 0 aromatic heterocycles. The van der Waals surface area contributed by atoms with Crippen molar-refractivity contribution in [1.82, 2.24) is 10.2 Å². The van der Waals surface area contributed by atoms with Gasteiger partial charge in [-0.15, -0.1) is 0 Å². The zero-order chi connectivity index (χ0) is 22.2. The van der Waals surface area contributed by atoms with Crippen LogP contribution in [0.25, 0.3) is 0 Å². The first kappa shape index (κ1) is 21.6. The summed E-state index contributed by atoms with van der Waals surface area (Å²) in [5.41, 5.74) is 1.23. The lowest BCUT2D eigenvalue weighted by atomic mass is 9.81. The highest BCUT2D eigenvalue weighted by molar-refractivity contribution is 5.89. The Morgan fingerprint density at radius 1 is 1.19 bits per heavy atom. The number of amides is 2. The summed E-state index contributed by atoms with van der Waals surface area (Å²) in [6, 6.07) is 7.15. The number of nitrogens with zero attached hydrogens (tertiary/aromatic N) is 1. The minimum absolute atomic E-state index is 0.0165. The van der Waals surface area contributed by atoms with Gasteiger partial charge < -0.3 is 24.8 Å². The van der Waals surface area contributed by atoms with E-state index in [4.69, 9.17) is 9.47 Å². The van der Waals surface area contributed by atoms with Gasteiger partial charge in [-0.3, -0.25) is 9.59 Å². The Bertz CT molecular complexity index is 865. The molecule has 2 amide bonds. The summed E-state index contributed by atoms with van der Waals surface area (Å²) in [5, 5.41) is 12.0. The van der Waals surface area contributed by atoms with E-state index in [0.29, 0.717) is 19.4 Å². The van der Waals surface area contributed by atoms with Crippen molar-refractivity contribution < 1.29 is 29.0 Å². The number of ether oxygens (including phenoxy) is 2. The van der Waals surface area contributed by atoms with Crippen LogP contribution in [0.2, 0.25) is 0 Å². The third-order valence-electron chi connectivity index (χ3n) is 6.85. The molecule has 0 unspecified atom stereocenters. The van der Waals surface area contributed by atoms with Gasteiger partial charge in [0, 0.05) is 17.9 Å². The molecule has 2 heterocycles. The molecule has 0 spiro atoms. The SMILES string of the molecule is CC1(c2ccc(OCCCC(=O)NCC(=O)N3[C@H]4C[C@@]4(C)C[C@H]3C(=O)O)cc2)COC1. The number of carbonyl (C=O) groups excluding carboxylic acids is 2. The summed E-state index contributed by atoms with van der Waals surface area (Å²) in [4.78, 5) is 37.5. The second-order valence-corrected chi connectivity index (χ2v) is 9.54. The van der Waals surface area contributed by atoms with Crippen molar-refractivity contribution in [3.63, 3.8) is 0 Å². The zero-order valence-corrected chi connectivity index (χ0v) is 18.1. The number of piperidine rings is 1. The first-order valence-electron chi connectivity index (χ1n) is 10.8. The molecule has 168 valence electrons. The van der Waals surface area contributed by atoms with Gasteiger partial charge in [0.25, 0.3) is 0 Å². The molecule has 4 rings (SSSR count). The van der Waals surface area contributed by atoms with E-state index in [-0.39, 0.29) is 41.7 Å². The van der Waals surface area contributed by atoms with Crippen molar-refractivity contribution in [2.75, 3.05) is 26.4 Å². The Hall–Kier alpha value is -2.61. The first-order chi connectivity index (χ1) is 14.7. The van der Waals surface area contributed by atoms with Crippen LogP contribution in [0.3, 0.4) is 0 Å². The number of nitrogens with one attached hydrogen (secondary N) is 1. The lowest BCUT2D eigenvalue weighted by Gasteiger charge is -2.38. The number of aliphatic carboxylic acids is 1. The van der Waals surface area contributed by atoms with Gasteiger partial charge in [-0.25, -0.2) is 4.79 Å². The van der Waals surface area contributed by atoms with Crippen LogP contribution < -0.4 is 10.1 Å². The third-order valence-corrected chi connectivity index (χ3v) is 6.85. The molecule has 3 aliphatic rings. The van der Waals surface area contributed by atoms with Gasteiger partial charge >= 0.3 is 5.97 Å². The molecule has 3 atom stereocenters. The number of benzene rings is 1. The van der Waals surface area contributed by atoms with Gasteiger partial charge in [-0.2, -0.15) is 0 Å². The van der Waals surface area contributed by atoms with Gasteiger partial charge in [0.1, 0.15) is 11.8 Å². The van der Waals surface area contributed by atoms with Crippen LogP contribution in [0.15, 0.2) is 24.3 Å². The molecule has 1 saturated carbocycles. The second kappa shape index (κ2) is 8.15. The molecule has 0 bridgehead atoms. The van der Waals surface area contributed by atoms with Crippen molar-refractivity contribution in [2.24, 2.45) is 5.41 Å². The topological polar surface area (TPSA) is 105 Å². The summed E-state index contributed by atoms with van der Waals surface area (Å²) in [6.07, 6.45) is 2.08. The summed E-state index contributed by atoms with van der Waals surface area (Å²) in [5.74, 6) is -0.790. The number of hydrogen-bond donors (Lipinski definition) is 2. The maximum absolute atomic E-state index is 12.5. The van der Waals surface area contributed by atoms with Crippen LogP contribution in [0.5, 0.6) is 5.75 Å². The van der Waals surface area contributed by atoms with E-state index in [1.54, 1.807) is 0 Å². The summed E-state index contributed by atoms with van der Waals surface area (Å²) < 4.78 is 11.0. The second-order valence-electron chi connectivity index (χ2n) is 9.54. The highest BCUT2D eigenvalue weighted by atomic mass is 16.5. The standard InChI is InChI=1S/C23H30N2O6/c1-22-10-17(21(28)29)25(18(22)11-22)20(27)12-24-19(26)4-3-9-31-16-7-5-15(6-8-16)23(2)13-30-14-23/h5-8,17-18H,3-4,9-14H2,1-2H3,(H,24,26)(H,28,29)/t17-,18-,22+/m0/s1. The van der Waals surface area contributed by atoms with E-state index in [1.807, 2.05) is 31.2 Å². The van der Waals surface area contributed by atoms with Gasteiger partial charge in [-0.1, -0.05) is 26.0 Å². The Morgan fingerprint density at radius 3 is 2.52 bits per heavy atom. The predicted molar refractivity (Wildman–Crippen MR) is 112 cm³/mol. The molecule has 1 aromatic carbocycles. The smallest absolute Gasteiger partial charge is 0.326 e. The van der Waals surface area contributed by atoms with E-state index in [9.17, 15) is 19.5 Å². The number of likely N-dealkylation sites (tertiary alicyclic amines) is 1. The molecule has 2 aliphatic heterocycles. The molecule has 0 radical (unpaired) electrons. The molecule has 1 aliphatic carbocycles. The number of rotatable bonds is 9. The number of carbonyl (C=O) groups is 3. The van der Waals surface area contributed by atoms with E-state index in [1.165, 1.54) is 10.5 Å². The van der Waals surface area contributed by atoms with E-state index >= 15 is 0 Å². The Morgan fingerprint density at radius 2 is 1.90 bits per heavy atom. The number of fused-ring (bicyclic) bond motifs is 1. The summed E-state index contributed by atoms with van der Waals surface area (Å²) >= 11 is 0. The highest BCUT2D eigenvalue weighted by Gasteiger charge is 2.64. The maximum atomic E-state index is 12.5. The van der Waals surface area contributed by atoms with Crippen molar-refractivity contribution in [2.45, 2.75) is 57.0 Å². The summed E-state index contributed by atoms with van der Waals surface area (Å²) in [7, 11) is 0. The zero-order valence-electron chi connectivity index (χ0n) is 18.1. The molecule has 2 saturated heterocycles. The average molecular weight is 431 g/mol. The number of carboxylic acids is 1. The molecule has 3 fully saturated rings. The molecule has 1 aromatic rings. The third kappa shape index (κ3) is 4.39. The van der Waals surface area contributed by atoms with Crippen molar-refractivity contribution in [3.8, 4) is 5.75 Å². The van der Waals surface area contributed by atoms with Gasteiger partial charge in [0.2, 0.25) is 11.8 Å². The Labute approximate surface area is 181 Å².